The average Bonchev–Trinajstić information content (AvgIpc) is 2.70. The molecule has 1 heterocycles. The van der Waals surface area contributed by atoms with Gasteiger partial charge in [-0.3, -0.25) is 4.90 Å². The van der Waals surface area contributed by atoms with E-state index in [2.05, 4.69) is 36.8 Å². The van der Waals surface area contributed by atoms with Gasteiger partial charge in [0.15, 0.2) is 0 Å². The van der Waals surface area contributed by atoms with E-state index >= 15 is 0 Å². The lowest BCUT2D eigenvalue weighted by molar-refractivity contribution is 0.240. The Balaban J connectivity index is 1.97. The Labute approximate surface area is 166 Å². The molecule has 9 nitrogen and oxygen atoms in total. The van der Waals surface area contributed by atoms with E-state index in [1.54, 1.807) is 0 Å². The van der Waals surface area contributed by atoms with Gasteiger partial charge in [0, 0.05) is 104 Å². The van der Waals surface area contributed by atoms with E-state index < -0.39 is 0 Å². The quantitative estimate of drug-likeness (QED) is 0.107. The summed E-state index contributed by atoms with van der Waals surface area (Å²) in [6.07, 6.45) is 1.11. The van der Waals surface area contributed by atoms with Crippen molar-refractivity contribution >= 4 is 0 Å². The van der Waals surface area contributed by atoms with Gasteiger partial charge >= 0.3 is 0 Å². The number of hydrogen-bond donors (Lipinski definition) is 8. The monoisotopic (exact) mass is 387 g/mol. The van der Waals surface area contributed by atoms with Gasteiger partial charge < -0.3 is 43.4 Å². The van der Waals surface area contributed by atoms with Gasteiger partial charge in [-0.15, -0.1) is 0 Å². The van der Waals surface area contributed by atoms with Gasteiger partial charge in [-0.2, -0.15) is 0 Å². The number of nitrogens with zero attached hydrogens (tertiary/aromatic N) is 1. The number of nitrogens with two attached hydrogens (primary N) is 2. The maximum absolute atomic E-state index is 5.65. The fourth-order valence-electron chi connectivity index (χ4n) is 3.12. The third-order valence-electron chi connectivity index (χ3n) is 4.73. The second-order valence-electron chi connectivity index (χ2n) is 7.06. The maximum atomic E-state index is 5.65. The van der Waals surface area contributed by atoms with Crippen molar-refractivity contribution in [1.82, 2.24) is 36.8 Å². The molecule has 0 saturated carbocycles. The van der Waals surface area contributed by atoms with Crippen molar-refractivity contribution in [1.29, 1.82) is 0 Å². The van der Waals surface area contributed by atoms with Crippen LogP contribution in [0.25, 0.3) is 0 Å². The first-order valence-corrected chi connectivity index (χ1v) is 10.8. The molecule has 0 spiro atoms. The summed E-state index contributed by atoms with van der Waals surface area (Å²) in [4.78, 5) is 2.52. The lowest BCUT2D eigenvalue weighted by atomic mass is 10.2. The second-order valence-corrected chi connectivity index (χ2v) is 7.06. The average molecular weight is 388 g/mol. The Hall–Kier alpha value is -0.360. The molecule has 0 aromatic carbocycles. The molecule has 1 atom stereocenters. The third kappa shape index (κ3) is 15.3. The molecule has 1 fully saturated rings. The first kappa shape index (κ1) is 24.7. The van der Waals surface area contributed by atoms with Crippen molar-refractivity contribution in [3.63, 3.8) is 0 Å². The molecule has 1 aliphatic heterocycles. The highest BCUT2D eigenvalue weighted by Gasteiger charge is 2.10. The number of hydrogen-bond acceptors (Lipinski definition) is 9. The summed E-state index contributed by atoms with van der Waals surface area (Å²) < 4.78 is 0. The van der Waals surface area contributed by atoms with Crippen LogP contribution >= 0.6 is 0 Å². The van der Waals surface area contributed by atoms with Crippen LogP contribution in [0.3, 0.4) is 0 Å². The van der Waals surface area contributed by atoms with Crippen LogP contribution in [0.2, 0.25) is 0 Å². The Morgan fingerprint density at radius 2 is 1.37 bits per heavy atom. The zero-order valence-electron chi connectivity index (χ0n) is 17.2. The molecule has 1 rings (SSSR count). The van der Waals surface area contributed by atoms with Gasteiger partial charge in [0.1, 0.15) is 0 Å². The minimum Gasteiger partial charge on any atom is -0.329 e. The molecule has 0 amide bonds. The highest BCUT2D eigenvalue weighted by atomic mass is 15.2. The summed E-state index contributed by atoms with van der Waals surface area (Å²) in [7, 11) is 0. The Bertz CT molecular complexity index is 301. The highest BCUT2D eigenvalue weighted by molar-refractivity contribution is 4.73. The van der Waals surface area contributed by atoms with Crippen LogP contribution in [0, 0.1) is 0 Å². The van der Waals surface area contributed by atoms with Crippen molar-refractivity contribution < 1.29 is 0 Å². The van der Waals surface area contributed by atoms with Gasteiger partial charge in [0.05, 0.1) is 0 Å². The summed E-state index contributed by atoms with van der Waals surface area (Å²) in [5.74, 6) is 0. The Morgan fingerprint density at radius 3 is 2.04 bits per heavy atom. The number of rotatable bonds is 19. The van der Waals surface area contributed by atoms with Crippen molar-refractivity contribution in [3.8, 4) is 0 Å². The van der Waals surface area contributed by atoms with Gasteiger partial charge in [0.25, 0.3) is 0 Å². The fraction of sp³-hybridized carbons (Fsp3) is 1.00. The topological polar surface area (TPSA) is 127 Å². The van der Waals surface area contributed by atoms with Crippen LogP contribution in [0.15, 0.2) is 0 Å². The summed E-state index contributed by atoms with van der Waals surface area (Å²) in [6.45, 7) is 15.9. The van der Waals surface area contributed by atoms with Crippen LogP contribution < -0.4 is 43.4 Å². The van der Waals surface area contributed by atoms with Crippen LogP contribution in [0.1, 0.15) is 6.42 Å². The molecule has 9 heteroatoms. The molecule has 1 unspecified atom stereocenters. The first-order valence-electron chi connectivity index (χ1n) is 10.8. The van der Waals surface area contributed by atoms with Crippen molar-refractivity contribution in [3.05, 3.63) is 0 Å². The minimum absolute atomic E-state index is 0.470. The molecule has 0 bridgehead atoms. The molecule has 1 saturated heterocycles. The summed E-state index contributed by atoms with van der Waals surface area (Å²) in [6, 6.07) is 0.470. The molecular weight excluding hydrogens is 342 g/mol. The fourth-order valence-corrected chi connectivity index (χ4v) is 3.12. The SMILES string of the molecule is NCCNCCNCCNCCC(CNCCN1CCNCC1)NCCN. The van der Waals surface area contributed by atoms with Gasteiger partial charge in [-0.1, -0.05) is 0 Å². The zero-order valence-corrected chi connectivity index (χ0v) is 17.2. The van der Waals surface area contributed by atoms with Crippen molar-refractivity contribution in [2.24, 2.45) is 11.5 Å². The summed E-state index contributed by atoms with van der Waals surface area (Å²) >= 11 is 0. The molecule has 0 aliphatic carbocycles. The van der Waals surface area contributed by atoms with Crippen LogP contribution in [0.5, 0.6) is 0 Å². The lowest BCUT2D eigenvalue weighted by Gasteiger charge is -2.27. The van der Waals surface area contributed by atoms with E-state index in [0.29, 0.717) is 19.1 Å². The van der Waals surface area contributed by atoms with Crippen molar-refractivity contribution in [2.45, 2.75) is 12.5 Å². The van der Waals surface area contributed by atoms with E-state index in [9.17, 15) is 0 Å². The molecule has 0 radical (unpaired) electrons. The Kier molecular flexibility index (Phi) is 17.3. The zero-order chi connectivity index (χ0) is 19.4. The summed E-state index contributed by atoms with van der Waals surface area (Å²) in [5.41, 5.74) is 11.1. The molecule has 162 valence electrons. The van der Waals surface area contributed by atoms with Gasteiger partial charge in [-0.05, 0) is 13.0 Å². The van der Waals surface area contributed by atoms with E-state index in [1.165, 1.54) is 0 Å². The standard InChI is InChI=1S/C18H45N9/c19-2-5-22-8-10-23-9-7-21-4-1-18(26-6-3-20)17-25-13-16-27-14-11-24-12-15-27/h18,21-26H,1-17,19-20H2. The largest absolute Gasteiger partial charge is 0.329 e. The first-order chi connectivity index (χ1) is 13.4. The molecule has 0 aromatic rings. The predicted molar refractivity (Wildman–Crippen MR) is 115 cm³/mol. The van der Waals surface area contributed by atoms with Crippen molar-refractivity contribution in [2.75, 3.05) is 105 Å². The van der Waals surface area contributed by atoms with Crippen LogP contribution in [0.4, 0.5) is 0 Å². The van der Waals surface area contributed by atoms with E-state index in [4.69, 9.17) is 11.5 Å². The summed E-state index contributed by atoms with van der Waals surface area (Å²) in [5, 5.41) is 20.8. The lowest BCUT2D eigenvalue weighted by Crippen LogP contribution is -2.47. The minimum atomic E-state index is 0.470. The molecule has 1 aliphatic rings. The van der Waals surface area contributed by atoms with Crippen LogP contribution in [-0.2, 0) is 0 Å². The Morgan fingerprint density at radius 1 is 0.741 bits per heavy atom. The predicted octanol–water partition coefficient (Wildman–Crippen LogP) is -3.48. The van der Waals surface area contributed by atoms with E-state index in [0.717, 1.165) is 98.0 Å². The third-order valence-corrected chi connectivity index (χ3v) is 4.73. The molecule has 10 N–H and O–H groups in total. The van der Waals surface area contributed by atoms with E-state index in [-0.39, 0.29) is 0 Å². The highest BCUT2D eigenvalue weighted by Crippen LogP contribution is 1.92. The van der Waals surface area contributed by atoms with E-state index in [1.807, 2.05) is 0 Å². The second kappa shape index (κ2) is 19.0. The number of nitrogens with one attached hydrogen (secondary N) is 6. The molecule has 27 heavy (non-hydrogen) atoms. The number of piperazine rings is 1. The van der Waals surface area contributed by atoms with Crippen LogP contribution in [-0.4, -0.2) is 116 Å². The molecular formula is C18H45N9. The normalized spacial score (nSPS) is 16.7. The maximum Gasteiger partial charge on any atom is 0.0205 e. The van der Waals surface area contributed by atoms with Gasteiger partial charge in [0.2, 0.25) is 0 Å². The smallest absolute Gasteiger partial charge is 0.0205 e. The molecule has 0 aromatic heterocycles. The van der Waals surface area contributed by atoms with Gasteiger partial charge in [-0.25, -0.2) is 0 Å².